The largest absolute Gasteiger partial charge is 0.529 e. The van der Waals surface area contributed by atoms with Gasteiger partial charge in [0, 0.05) is 6.07 Å². The van der Waals surface area contributed by atoms with Crippen molar-refractivity contribution in [3.63, 3.8) is 0 Å². The SMILES string of the molecule is CC(C)c1cc(B(O)O)on1. The highest BCUT2D eigenvalue weighted by Crippen LogP contribution is 2.08. The molecule has 0 unspecified atom stereocenters. The minimum atomic E-state index is -1.56. The Kier molecular flexibility index (Phi) is 2.31. The van der Waals surface area contributed by atoms with Crippen molar-refractivity contribution in [1.82, 2.24) is 5.16 Å². The molecular formula is C6H10BNO3. The van der Waals surface area contributed by atoms with Crippen LogP contribution in [0.15, 0.2) is 10.6 Å². The highest BCUT2D eigenvalue weighted by Gasteiger charge is 2.18. The smallest absolute Gasteiger partial charge is 0.421 e. The van der Waals surface area contributed by atoms with Crippen molar-refractivity contribution in [3.8, 4) is 0 Å². The van der Waals surface area contributed by atoms with Gasteiger partial charge in [0.2, 0.25) is 0 Å². The molecule has 0 amide bonds. The number of aromatic nitrogens is 1. The molecule has 1 rings (SSSR count). The highest BCUT2D eigenvalue weighted by atomic mass is 16.5. The van der Waals surface area contributed by atoms with Crippen LogP contribution in [0.3, 0.4) is 0 Å². The molecule has 0 saturated carbocycles. The van der Waals surface area contributed by atoms with Gasteiger partial charge in [0.25, 0.3) is 0 Å². The Labute approximate surface area is 65.0 Å². The quantitative estimate of drug-likeness (QED) is 0.563. The zero-order valence-corrected chi connectivity index (χ0v) is 6.48. The number of hydrogen-bond donors (Lipinski definition) is 2. The van der Waals surface area contributed by atoms with Gasteiger partial charge in [-0.25, -0.2) is 0 Å². The molecule has 5 heteroatoms. The summed E-state index contributed by atoms with van der Waals surface area (Å²) >= 11 is 0. The Morgan fingerprint density at radius 2 is 2.18 bits per heavy atom. The second-order valence-electron chi connectivity index (χ2n) is 2.68. The van der Waals surface area contributed by atoms with Gasteiger partial charge in [-0.05, 0) is 5.92 Å². The van der Waals surface area contributed by atoms with Crippen LogP contribution in [0.4, 0.5) is 0 Å². The summed E-state index contributed by atoms with van der Waals surface area (Å²) in [6.07, 6.45) is 0. The fourth-order valence-electron chi connectivity index (χ4n) is 0.698. The summed E-state index contributed by atoms with van der Waals surface area (Å²) < 4.78 is 4.64. The molecular weight excluding hydrogens is 145 g/mol. The van der Waals surface area contributed by atoms with Gasteiger partial charge in [-0.2, -0.15) is 0 Å². The molecule has 0 aromatic carbocycles. The molecule has 0 bridgehead atoms. The Morgan fingerprint density at radius 3 is 2.45 bits per heavy atom. The molecule has 60 valence electrons. The van der Waals surface area contributed by atoms with E-state index in [1.807, 2.05) is 13.8 Å². The van der Waals surface area contributed by atoms with Gasteiger partial charge in [-0.15, -0.1) is 0 Å². The molecule has 0 radical (unpaired) electrons. The Morgan fingerprint density at radius 1 is 1.55 bits per heavy atom. The summed E-state index contributed by atoms with van der Waals surface area (Å²) in [6.45, 7) is 3.90. The molecule has 0 fully saturated rings. The second-order valence-corrected chi connectivity index (χ2v) is 2.68. The first kappa shape index (κ1) is 8.29. The van der Waals surface area contributed by atoms with Crippen molar-refractivity contribution >= 4 is 12.8 Å². The van der Waals surface area contributed by atoms with E-state index < -0.39 is 7.12 Å². The third-order valence-electron chi connectivity index (χ3n) is 1.39. The first-order chi connectivity index (χ1) is 5.11. The van der Waals surface area contributed by atoms with Crippen LogP contribution in [-0.4, -0.2) is 22.3 Å². The standard InChI is InChI=1S/C6H10BNO3/c1-4(2)5-3-6(7(9)10)11-8-5/h3-4,9-10H,1-2H3. The molecule has 0 atom stereocenters. The molecule has 2 N–H and O–H groups in total. The third kappa shape index (κ3) is 1.81. The molecule has 0 saturated heterocycles. The lowest BCUT2D eigenvalue weighted by atomic mass is 9.87. The van der Waals surface area contributed by atoms with E-state index in [1.54, 1.807) is 0 Å². The van der Waals surface area contributed by atoms with E-state index >= 15 is 0 Å². The first-order valence-corrected chi connectivity index (χ1v) is 3.44. The van der Waals surface area contributed by atoms with Gasteiger partial charge in [-0.1, -0.05) is 19.0 Å². The average Bonchev–Trinajstić information content (AvgIpc) is 2.33. The number of nitrogens with zero attached hydrogens (tertiary/aromatic N) is 1. The zero-order valence-electron chi connectivity index (χ0n) is 6.48. The average molecular weight is 155 g/mol. The molecule has 1 heterocycles. The van der Waals surface area contributed by atoms with Crippen molar-refractivity contribution < 1.29 is 14.6 Å². The normalized spacial score (nSPS) is 10.6. The van der Waals surface area contributed by atoms with E-state index in [4.69, 9.17) is 10.0 Å². The maximum absolute atomic E-state index is 8.64. The molecule has 1 aromatic rings. The van der Waals surface area contributed by atoms with Crippen LogP contribution in [0.2, 0.25) is 0 Å². The van der Waals surface area contributed by atoms with Crippen LogP contribution in [0, 0.1) is 0 Å². The maximum Gasteiger partial charge on any atom is 0.529 e. The summed E-state index contributed by atoms with van der Waals surface area (Å²) in [5, 5.41) is 20.9. The van der Waals surface area contributed by atoms with Gasteiger partial charge >= 0.3 is 7.12 Å². The Bertz CT molecular complexity index is 211. The van der Waals surface area contributed by atoms with Crippen molar-refractivity contribution in [2.24, 2.45) is 0 Å². The summed E-state index contributed by atoms with van der Waals surface area (Å²) in [6, 6.07) is 1.54. The van der Waals surface area contributed by atoms with Crippen LogP contribution in [-0.2, 0) is 0 Å². The monoisotopic (exact) mass is 155 g/mol. The van der Waals surface area contributed by atoms with Gasteiger partial charge in [0.1, 0.15) is 0 Å². The molecule has 0 spiro atoms. The molecule has 11 heavy (non-hydrogen) atoms. The Balaban J connectivity index is 2.82. The van der Waals surface area contributed by atoms with Crippen molar-refractivity contribution in [1.29, 1.82) is 0 Å². The number of rotatable bonds is 2. The van der Waals surface area contributed by atoms with Gasteiger partial charge in [0.05, 0.1) is 5.69 Å². The van der Waals surface area contributed by atoms with E-state index in [0.29, 0.717) is 0 Å². The fourth-order valence-corrected chi connectivity index (χ4v) is 0.698. The number of hydrogen-bond acceptors (Lipinski definition) is 4. The first-order valence-electron chi connectivity index (χ1n) is 3.44. The minimum absolute atomic E-state index is 0.0914. The lowest BCUT2D eigenvalue weighted by Crippen LogP contribution is -2.28. The van der Waals surface area contributed by atoms with E-state index in [2.05, 4.69) is 9.68 Å². The van der Waals surface area contributed by atoms with E-state index in [-0.39, 0.29) is 11.6 Å². The summed E-state index contributed by atoms with van der Waals surface area (Å²) in [7, 11) is -1.56. The third-order valence-corrected chi connectivity index (χ3v) is 1.39. The second kappa shape index (κ2) is 3.06. The summed E-state index contributed by atoms with van der Waals surface area (Å²) in [4.78, 5) is 0. The molecule has 0 aliphatic heterocycles. The maximum atomic E-state index is 8.64. The topological polar surface area (TPSA) is 66.5 Å². The lowest BCUT2D eigenvalue weighted by molar-refractivity contribution is 0.379. The van der Waals surface area contributed by atoms with Gasteiger partial charge < -0.3 is 14.6 Å². The molecule has 1 aromatic heterocycles. The van der Waals surface area contributed by atoms with Crippen LogP contribution < -0.4 is 5.66 Å². The zero-order chi connectivity index (χ0) is 8.43. The molecule has 0 aliphatic rings. The molecule has 0 aliphatic carbocycles. The van der Waals surface area contributed by atoms with Crippen LogP contribution in [0.25, 0.3) is 0 Å². The predicted octanol–water partition coefficient (Wildman–Crippen LogP) is -0.522. The van der Waals surface area contributed by atoms with E-state index in [0.717, 1.165) is 5.69 Å². The van der Waals surface area contributed by atoms with Crippen LogP contribution in [0.1, 0.15) is 25.5 Å². The highest BCUT2D eigenvalue weighted by molar-refractivity contribution is 6.56. The van der Waals surface area contributed by atoms with Gasteiger partial charge in [-0.3, -0.25) is 0 Å². The minimum Gasteiger partial charge on any atom is -0.421 e. The van der Waals surface area contributed by atoms with Gasteiger partial charge in [0.15, 0.2) is 5.66 Å². The van der Waals surface area contributed by atoms with Crippen molar-refractivity contribution in [2.75, 3.05) is 0 Å². The fraction of sp³-hybridized carbons (Fsp3) is 0.500. The molecule has 4 nitrogen and oxygen atoms in total. The predicted molar refractivity (Wildman–Crippen MR) is 40.4 cm³/mol. The Hall–Kier alpha value is -0.805. The van der Waals surface area contributed by atoms with Crippen molar-refractivity contribution in [2.45, 2.75) is 19.8 Å². The van der Waals surface area contributed by atoms with E-state index in [9.17, 15) is 0 Å². The summed E-state index contributed by atoms with van der Waals surface area (Å²) in [5.41, 5.74) is 0.821. The lowest BCUT2D eigenvalue weighted by Gasteiger charge is -1.93. The van der Waals surface area contributed by atoms with Crippen molar-refractivity contribution in [3.05, 3.63) is 11.8 Å². The van der Waals surface area contributed by atoms with Crippen LogP contribution >= 0.6 is 0 Å². The van der Waals surface area contributed by atoms with Crippen LogP contribution in [0.5, 0.6) is 0 Å². The van der Waals surface area contributed by atoms with E-state index in [1.165, 1.54) is 6.07 Å². The summed E-state index contributed by atoms with van der Waals surface area (Å²) in [5.74, 6) is 0.242.